The van der Waals surface area contributed by atoms with Crippen LogP contribution in [-0.2, 0) is 9.53 Å². The third-order valence-electron chi connectivity index (χ3n) is 4.56. The third kappa shape index (κ3) is 4.38. The van der Waals surface area contributed by atoms with Gasteiger partial charge in [-0.1, -0.05) is 13.8 Å². The minimum absolute atomic E-state index is 0.0358. The highest BCUT2D eigenvalue weighted by molar-refractivity contribution is 6.05. The Morgan fingerprint density at radius 3 is 2.80 bits per heavy atom. The summed E-state index contributed by atoms with van der Waals surface area (Å²) in [6.07, 6.45) is 1.01. The average Bonchev–Trinajstić information content (AvgIpc) is 2.59. The molecule has 138 valence electrons. The first-order valence-electron chi connectivity index (χ1n) is 9.04. The second-order valence-electron chi connectivity index (χ2n) is 6.93. The lowest BCUT2D eigenvalue weighted by Crippen LogP contribution is -2.43. The highest BCUT2D eigenvalue weighted by atomic mass is 16.5. The molecule has 1 saturated heterocycles. The van der Waals surface area contributed by atoms with Crippen molar-refractivity contribution in [1.82, 2.24) is 14.9 Å². The summed E-state index contributed by atoms with van der Waals surface area (Å²) >= 11 is 0. The molecule has 0 radical (unpaired) electrons. The molecule has 8 heteroatoms. The topological polar surface area (TPSA) is 91.4 Å². The van der Waals surface area contributed by atoms with E-state index in [9.17, 15) is 4.79 Å². The molecule has 2 aliphatic rings. The number of anilines is 3. The molecule has 1 aromatic heterocycles. The number of fused-ring (bicyclic) bond motifs is 1. The van der Waals surface area contributed by atoms with Crippen molar-refractivity contribution in [1.29, 1.82) is 0 Å². The zero-order chi connectivity index (χ0) is 17.8. The van der Waals surface area contributed by atoms with E-state index in [1.54, 1.807) is 0 Å². The highest BCUT2D eigenvalue weighted by Gasteiger charge is 2.31. The average molecular weight is 348 g/mol. The molecule has 0 aromatic carbocycles. The van der Waals surface area contributed by atoms with Gasteiger partial charge < -0.3 is 20.7 Å². The zero-order valence-corrected chi connectivity index (χ0v) is 15.3. The molecule has 25 heavy (non-hydrogen) atoms. The van der Waals surface area contributed by atoms with Gasteiger partial charge in [-0.2, -0.15) is 0 Å². The summed E-state index contributed by atoms with van der Waals surface area (Å²) in [6.45, 7) is 11.4. The monoisotopic (exact) mass is 348 g/mol. The molecule has 0 spiro atoms. The Bertz CT molecular complexity index is 615. The quantitative estimate of drug-likeness (QED) is 0.668. The summed E-state index contributed by atoms with van der Waals surface area (Å²) in [7, 11) is 0. The van der Waals surface area contributed by atoms with Crippen LogP contribution in [0.15, 0.2) is 0 Å². The molecule has 0 bridgehead atoms. The lowest BCUT2D eigenvalue weighted by atomic mass is 10.0. The molecule has 1 amide bonds. The zero-order valence-electron chi connectivity index (χ0n) is 15.3. The molecule has 1 aromatic rings. The largest absolute Gasteiger partial charge is 0.379 e. The van der Waals surface area contributed by atoms with Crippen molar-refractivity contribution in [3.05, 3.63) is 5.82 Å². The fourth-order valence-electron chi connectivity index (χ4n) is 3.14. The van der Waals surface area contributed by atoms with E-state index in [4.69, 9.17) is 4.74 Å². The Morgan fingerprint density at radius 1 is 1.32 bits per heavy atom. The standard InChI is InChI=1S/C17H28N6O2/c1-11(2)13-17(24)22-14-15(19-12(3)20-16(14)21-13)18-5-4-6-23-7-9-25-10-8-23/h11,13H,4-10H2,1-3H3,(H,22,24)(H2,18,19,20,21). The van der Waals surface area contributed by atoms with Crippen molar-refractivity contribution < 1.29 is 9.53 Å². The van der Waals surface area contributed by atoms with Crippen LogP contribution in [0, 0.1) is 12.8 Å². The van der Waals surface area contributed by atoms with Gasteiger partial charge in [0, 0.05) is 19.6 Å². The number of carbonyl (C=O) groups excluding carboxylic acids is 1. The van der Waals surface area contributed by atoms with Crippen molar-refractivity contribution >= 4 is 23.2 Å². The number of nitrogens with one attached hydrogen (secondary N) is 3. The Labute approximate surface area is 148 Å². The summed E-state index contributed by atoms with van der Waals surface area (Å²) in [5, 5.41) is 9.56. The first kappa shape index (κ1) is 17.9. The van der Waals surface area contributed by atoms with Crippen molar-refractivity contribution in [2.24, 2.45) is 5.92 Å². The van der Waals surface area contributed by atoms with Crippen LogP contribution in [-0.4, -0.2) is 66.2 Å². The van der Waals surface area contributed by atoms with Crippen LogP contribution in [0.4, 0.5) is 17.3 Å². The van der Waals surface area contributed by atoms with Crippen LogP contribution in [0.5, 0.6) is 0 Å². The number of aryl methyl sites for hydroxylation is 1. The van der Waals surface area contributed by atoms with Gasteiger partial charge in [-0.15, -0.1) is 0 Å². The van der Waals surface area contributed by atoms with E-state index in [0.717, 1.165) is 45.8 Å². The number of carbonyl (C=O) groups is 1. The SMILES string of the molecule is Cc1nc(NCCCN2CCOCC2)c2c(n1)NC(C(C)C)C(=O)N2. The van der Waals surface area contributed by atoms with Gasteiger partial charge >= 0.3 is 0 Å². The molecular formula is C17H28N6O2. The second kappa shape index (κ2) is 7.97. The molecule has 8 nitrogen and oxygen atoms in total. The van der Waals surface area contributed by atoms with Gasteiger partial charge in [-0.05, 0) is 25.8 Å². The molecule has 3 rings (SSSR count). The normalized spacial score (nSPS) is 20.8. The number of aromatic nitrogens is 2. The predicted octanol–water partition coefficient (Wildman–Crippen LogP) is 1.31. The van der Waals surface area contributed by atoms with Crippen molar-refractivity contribution in [2.75, 3.05) is 55.3 Å². The van der Waals surface area contributed by atoms with Gasteiger partial charge in [0.2, 0.25) is 5.91 Å². The van der Waals surface area contributed by atoms with Crippen LogP contribution < -0.4 is 16.0 Å². The van der Waals surface area contributed by atoms with Crippen LogP contribution in [0.2, 0.25) is 0 Å². The van der Waals surface area contributed by atoms with Gasteiger partial charge in [-0.25, -0.2) is 9.97 Å². The lowest BCUT2D eigenvalue weighted by Gasteiger charge is -2.29. The molecule has 0 saturated carbocycles. The summed E-state index contributed by atoms with van der Waals surface area (Å²) in [5.41, 5.74) is 0.652. The number of ether oxygens (including phenoxy) is 1. The Balaban J connectivity index is 1.61. The maximum Gasteiger partial charge on any atom is 0.247 e. The lowest BCUT2D eigenvalue weighted by molar-refractivity contribution is -0.117. The molecule has 1 unspecified atom stereocenters. The number of amides is 1. The van der Waals surface area contributed by atoms with E-state index in [1.165, 1.54) is 0 Å². The van der Waals surface area contributed by atoms with E-state index < -0.39 is 0 Å². The van der Waals surface area contributed by atoms with Crippen molar-refractivity contribution in [3.63, 3.8) is 0 Å². The summed E-state index contributed by atoms with van der Waals surface area (Å²) < 4.78 is 5.36. The van der Waals surface area contributed by atoms with Crippen LogP contribution in [0.25, 0.3) is 0 Å². The summed E-state index contributed by atoms with van der Waals surface area (Å²) in [5.74, 6) is 2.22. The minimum atomic E-state index is -0.268. The predicted molar refractivity (Wildman–Crippen MR) is 98.0 cm³/mol. The maximum atomic E-state index is 12.3. The third-order valence-corrected chi connectivity index (χ3v) is 4.56. The Hall–Kier alpha value is -1.93. The van der Waals surface area contributed by atoms with Crippen molar-refractivity contribution in [2.45, 2.75) is 33.2 Å². The van der Waals surface area contributed by atoms with Gasteiger partial charge in [0.25, 0.3) is 0 Å². The summed E-state index contributed by atoms with van der Waals surface area (Å²) in [6, 6.07) is -0.268. The van der Waals surface area contributed by atoms with Crippen LogP contribution in [0.3, 0.4) is 0 Å². The smallest absolute Gasteiger partial charge is 0.247 e. The number of hydrogen-bond donors (Lipinski definition) is 3. The highest BCUT2D eigenvalue weighted by Crippen LogP contribution is 2.32. The Kier molecular flexibility index (Phi) is 5.70. The van der Waals surface area contributed by atoms with Crippen LogP contribution in [0.1, 0.15) is 26.1 Å². The second-order valence-corrected chi connectivity index (χ2v) is 6.93. The van der Waals surface area contributed by atoms with Crippen LogP contribution >= 0.6 is 0 Å². The van der Waals surface area contributed by atoms with Gasteiger partial charge in [-0.3, -0.25) is 9.69 Å². The molecule has 2 aliphatic heterocycles. The van der Waals surface area contributed by atoms with Gasteiger partial charge in [0.15, 0.2) is 11.6 Å². The van der Waals surface area contributed by atoms with Crippen molar-refractivity contribution in [3.8, 4) is 0 Å². The molecule has 3 N–H and O–H groups in total. The number of rotatable bonds is 6. The van der Waals surface area contributed by atoms with E-state index >= 15 is 0 Å². The Morgan fingerprint density at radius 2 is 2.08 bits per heavy atom. The molecule has 0 aliphatic carbocycles. The molecule has 1 fully saturated rings. The summed E-state index contributed by atoms with van der Waals surface area (Å²) in [4.78, 5) is 23.6. The maximum absolute atomic E-state index is 12.3. The number of nitrogens with zero attached hydrogens (tertiary/aromatic N) is 3. The van der Waals surface area contributed by atoms with Gasteiger partial charge in [0.1, 0.15) is 17.6 Å². The molecular weight excluding hydrogens is 320 g/mol. The van der Waals surface area contributed by atoms with E-state index in [1.807, 2.05) is 20.8 Å². The first-order valence-corrected chi connectivity index (χ1v) is 9.04. The van der Waals surface area contributed by atoms with Gasteiger partial charge in [0.05, 0.1) is 13.2 Å². The first-order chi connectivity index (χ1) is 12.0. The fourth-order valence-corrected chi connectivity index (χ4v) is 3.14. The number of morpholine rings is 1. The van der Waals surface area contributed by atoms with E-state index in [-0.39, 0.29) is 17.9 Å². The fraction of sp³-hybridized carbons (Fsp3) is 0.706. The molecule has 3 heterocycles. The van der Waals surface area contributed by atoms with E-state index in [2.05, 4.69) is 30.8 Å². The minimum Gasteiger partial charge on any atom is -0.379 e. The number of hydrogen-bond acceptors (Lipinski definition) is 7. The molecule has 1 atom stereocenters. The van der Waals surface area contributed by atoms with E-state index in [0.29, 0.717) is 23.1 Å².